The molecule has 3 heterocycles. The second kappa shape index (κ2) is 7.36. The van der Waals surface area contributed by atoms with Gasteiger partial charge in [0.1, 0.15) is 11.4 Å². The third kappa shape index (κ3) is 3.75. The lowest BCUT2D eigenvalue weighted by Gasteiger charge is -2.35. The van der Waals surface area contributed by atoms with Crippen molar-refractivity contribution in [1.29, 1.82) is 0 Å². The van der Waals surface area contributed by atoms with E-state index in [0.29, 0.717) is 24.3 Å². The first-order valence-electron chi connectivity index (χ1n) is 9.67. The molecule has 152 valence electrons. The number of nitrogens with one attached hydrogen (secondary N) is 2. The summed E-state index contributed by atoms with van der Waals surface area (Å²) in [6.07, 6.45) is 4.20. The summed E-state index contributed by atoms with van der Waals surface area (Å²) < 4.78 is 5.16. The Morgan fingerprint density at radius 3 is 2.69 bits per heavy atom. The van der Waals surface area contributed by atoms with E-state index in [0.717, 1.165) is 36.2 Å². The van der Waals surface area contributed by atoms with Crippen LogP contribution < -0.4 is 15.5 Å². The zero-order valence-electron chi connectivity index (χ0n) is 16.2. The lowest BCUT2D eigenvalue weighted by molar-refractivity contribution is -0.136. The molecule has 4 rings (SSSR count). The molecule has 2 aliphatic heterocycles. The summed E-state index contributed by atoms with van der Waals surface area (Å²) >= 11 is 0. The maximum atomic E-state index is 12.3. The molecular weight excluding hydrogens is 374 g/mol. The lowest BCUT2D eigenvalue weighted by atomic mass is 9.91. The number of furan rings is 1. The first-order chi connectivity index (χ1) is 13.8. The van der Waals surface area contributed by atoms with Crippen molar-refractivity contribution in [3.05, 3.63) is 47.4 Å². The highest BCUT2D eigenvalue weighted by Gasteiger charge is 2.31. The Balaban J connectivity index is 1.43. The molecule has 8 nitrogen and oxygen atoms in total. The first-order valence-corrected chi connectivity index (χ1v) is 9.67. The molecule has 0 bridgehead atoms. The van der Waals surface area contributed by atoms with Crippen molar-refractivity contribution >= 4 is 29.1 Å². The highest BCUT2D eigenvalue weighted by Crippen LogP contribution is 2.37. The average Bonchev–Trinajstić information content (AvgIpc) is 3.25. The summed E-state index contributed by atoms with van der Waals surface area (Å²) in [6, 6.07) is 6.88. The molecule has 0 radical (unpaired) electrons. The monoisotopic (exact) mass is 397 g/mol. The first kappa shape index (κ1) is 19.2. The largest absolute Gasteiger partial charge is 0.466 e. The van der Waals surface area contributed by atoms with E-state index < -0.39 is 17.4 Å². The highest BCUT2D eigenvalue weighted by atomic mass is 16.4. The van der Waals surface area contributed by atoms with Crippen molar-refractivity contribution in [1.82, 2.24) is 5.32 Å². The third-order valence-corrected chi connectivity index (χ3v) is 5.38. The number of aryl methyl sites for hydroxylation is 2. The molecule has 0 spiro atoms. The highest BCUT2D eigenvalue weighted by molar-refractivity contribution is 6.39. The van der Waals surface area contributed by atoms with Gasteiger partial charge in [-0.15, -0.1) is 0 Å². The normalized spacial score (nSPS) is 17.3. The molecule has 29 heavy (non-hydrogen) atoms. The maximum absolute atomic E-state index is 12.3. The van der Waals surface area contributed by atoms with Gasteiger partial charge in [-0.25, -0.2) is 0 Å². The van der Waals surface area contributed by atoms with Crippen molar-refractivity contribution in [2.24, 2.45) is 0 Å². The molecule has 3 N–H and O–H groups in total. The second-order valence-corrected chi connectivity index (χ2v) is 7.68. The number of amides is 3. The van der Waals surface area contributed by atoms with Crippen LogP contribution in [0, 0.1) is 0 Å². The summed E-state index contributed by atoms with van der Waals surface area (Å²) in [7, 11) is 0. The van der Waals surface area contributed by atoms with Gasteiger partial charge in [-0.1, -0.05) is 0 Å². The quantitative estimate of drug-likeness (QED) is 0.677. The van der Waals surface area contributed by atoms with Crippen molar-refractivity contribution in [2.45, 2.75) is 38.2 Å². The van der Waals surface area contributed by atoms with Crippen molar-refractivity contribution < 1.29 is 23.9 Å². The molecule has 1 aromatic carbocycles. The Bertz CT molecular complexity index is 948. The van der Waals surface area contributed by atoms with Gasteiger partial charge in [-0.3, -0.25) is 14.4 Å². The van der Waals surface area contributed by atoms with E-state index in [-0.39, 0.29) is 12.5 Å². The number of rotatable bonds is 4. The Hall–Kier alpha value is -3.13. The van der Waals surface area contributed by atoms with Gasteiger partial charge >= 0.3 is 11.8 Å². The fourth-order valence-corrected chi connectivity index (χ4v) is 3.92. The minimum absolute atomic E-state index is 0.137. The van der Waals surface area contributed by atoms with Crippen molar-refractivity contribution in [3.8, 4) is 0 Å². The molecule has 8 heteroatoms. The third-order valence-electron chi connectivity index (χ3n) is 5.38. The van der Waals surface area contributed by atoms with Gasteiger partial charge in [-0.05, 0) is 61.6 Å². The van der Waals surface area contributed by atoms with Gasteiger partial charge in [0.2, 0.25) is 5.91 Å². The number of benzene rings is 1. The van der Waals surface area contributed by atoms with Crippen LogP contribution in [0.25, 0.3) is 0 Å². The SMILES string of the molecule is CC(O)(CNC(=O)C(=O)Nc1cc2c3c(c1)CCC(=O)N3CCC2)c1ccco1. The zero-order valence-corrected chi connectivity index (χ0v) is 16.2. The Morgan fingerprint density at radius 1 is 1.21 bits per heavy atom. The van der Waals surface area contributed by atoms with E-state index in [4.69, 9.17) is 4.42 Å². The minimum Gasteiger partial charge on any atom is -0.466 e. The summed E-state index contributed by atoms with van der Waals surface area (Å²) in [4.78, 5) is 38.5. The molecule has 2 aromatic rings. The lowest BCUT2D eigenvalue weighted by Crippen LogP contribution is -2.43. The van der Waals surface area contributed by atoms with Crippen LogP contribution in [-0.4, -0.2) is 35.9 Å². The molecule has 0 saturated heterocycles. The standard InChI is InChI=1S/C21H23N3O5/c1-21(28,16-5-3-9-29-16)12-22-19(26)20(27)23-15-10-13-4-2-8-24-17(25)7-6-14(11-15)18(13)24/h3,5,9-11,28H,2,4,6-8,12H2,1H3,(H,22,26)(H,23,27). The number of anilines is 2. The predicted molar refractivity (Wildman–Crippen MR) is 105 cm³/mol. The maximum Gasteiger partial charge on any atom is 0.313 e. The zero-order chi connectivity index (χ0) is 20.6. The van der Waals surface area contributed by atoms with Gasteiger partial charge < -0.3 is 25.1 Å². The Morgan fingerprint density at radius 2 is 1.97 bits per heavy atom. The summed E-state index contributed by atoms with van der Waals surface area (Å²) in [5.74, 6) is -1.23. The molecular formula is C21H23N3O5. The van der Waals surface area contributed by atoms with Crippen molar-refractivity contribution in [3.63, 3.8) is 0 Å². The fourth-order valence-electron chi connectivity index (χ4n) is 3.92. The van der Waals surface area contributed by atoms with E-state index in [9.17, 15) is 19.5 Å². The molecule has 0 fully saturated rings. The van der Waals surface area contributed by atoms with Gasteiger partial charge in [0.15, 0.2) is 0 Å². The van der Waals surface area contributed by atoms with Gasteiger partial charge in [-0.2, -0.15) is 0 Å². The summed E-state index contributed by atoms with van der Waals surface area (Å²) in [5.41, 5.74) is 2.10. The van der Waals surface area contributed by atoms with Crippen LogP contribution in [0.4, 0.5) is 11.4 Å². The molecule has 0 saturated carbocycles. The van der Waals surface area contributed by atoms with Gasteiger partial charge in [0, 0.05) is 18.7 Å². The molecule has 2 aliphatic rings. The number of hydrogen-bond acceptors (Lipinski definition) is 5. The number of hydrogen-bond donors (Lipinski definition) is 3. The van der Waals surface area contributed by atoms with E-state index in [1.807, 2.05) is 17.0 Å². The van der Waals surface area contributed by atoms with Crippen LogP contribution in [0.3, 0.4) is 0 Å². The van der Waals surface area contributed by atoms with E-state index in [1.54, 1.807) is 12.1 Å². The van der Waals surface area contributed by atoms with Crippen LogP contribution in [0.2, 0.25) is 0 Å². The van der Waals surface area contributed by atoms with Crippen LogP contribution >= 0.6 is 0 Å². The minimum atomic E-state index is -1.43. The summed E-state index contributed by atoms with van der Waals surface area (Å²) in [6.45, 7) is 2.05. The molecule has 1 atom stereocenters. The molecule has 1 unspecified atom stereocenters. The van der Waals surface area contributed by atoms with Crippen molar-refractivity contribution in [2.75, 3.05) is 23.3 Å². The smallest absolute Gasteiger partial charge is 0.313 e. The van der Waals surface area contributed by atoms with Crippen LogP contribution in [0.5, 0.6) is 0 Å². The van der Waals surface area contributed by atoms with Gasteiger partial charge in [0.05, 0.1) is 18.5 Å². The number of carbonyl (C=O) groups excluding carboxylic acids is 3. The van der Waals surface area contributed by atoms with Gasteiger partial charge in [0.25, 0.3) is 0 Å². The molecule has 0 aliphatic carbocycles. The number of carbonyl (C=O) groups is 3. The Kier molecular flexibility index (Phi) is 4.87. The predicted octanol–water partition coefficient (Wildman–Crippen LogP) is 1.47. The van der Waals surface area contributed by atoms with Crippen LogP contribution in [0.1, 0.15) is 36.7 Å². The average molecular weight is 397 g/mol. The van der Waals surface area contributed by atoms with E-state index in [1.165, 1.54) is 13.2 Å². The number of nitrogens with zero attached hydrogens (tertiary/aromatic N) is 1. The number of aliphatic hydroxyl groups is 1. The van der Waals surface area contributed by atoms with Crippen LogP contribution in [-0.2, 0) is 32.8 Å². The molecule has 1 aromatic heterocycles. The Labute approximate surface area is 167 Å². The fraction of sp³-hybridized carbons (Fsp3) is 0.381. The molecule has 3 amide bonds. The van der Waals surface area contributed by atoms with Crippen LogP contribution in [0.15, 0.2) is 34.9 Å². The topological polar surface area (TPSA) is 112 Å². The summed E-state index contributed by atoms with van der Waals surface area (Å²) in [5, 5.41) is 15.4. The van der Waals surface area contributed by atoms with E-state index >= 15 is 0 Å². The second-order valence-electron chi connectivity index (χ2n) is 7.68. The van der Waals surface area contributed by atoms with E-state index in [2.05, 4.69) is 10.6 Å².